The molecule has 49 heavy (non-hydrogen) atoms. The highest BCUT2D eigenvalue weighted by molar-refractivity contribution is 6.76. The van der Waals surface area contributed by atoms with Gasteiger partial charge in [0.05, 0.1) is 5.69 Å². The summed E-state index contributed by atoms with van der Waals surface area (Å²) < 4.78 is 13.3. The Morgan fingerprint density at radius 1 is 1.06 bits per heavy atom. The predicted octanol–water partition coefficient (Wildman–Crippen LogP) is 9.12. The number of para-hydroxylation sites is 1. The van der Waals surface area contributed by atoms with E-state index in [1.54, 1.807) is 15.7 Å². The third-order valence-corrected chi connectivity index (χ3v) is 10.7. The predicted molar refractivity (Wildman–Crippen MR) is 197 cm³/mol. The minimum absolute atomic E-state index is 0.141. The van der Waals surface area contributed by atoms with E-state index in [0.717, 1.165) is 61.5 Å². The fraction of sp³-hybridized carbons (Fsp3) is 0.487. The normalized spacial score (nSPS) is 15.8. The Morgan fingerprint density at radius 3 is 2.43 bits per heavy atom. The second-order valence-electron chi connectivity index (χ2n) is 15.3. The van der Waals surface area contributed by atoms with Crippen molar-refractivity contribution in [3.63, 3.8) is 0 Å². The maximum absolute atomic E-state index is 14.7. The molecule has 0 spiro atoms. The molecular weight excluding hydrogens is 631 g/mol. The maximum Gasteiger partial charge on any atom is 0.410 e. The van der Waals surface area contributed by atoms with E-state index >= 15 is 0 Å². The number of benzene rings is 2. The summed E-state index contributed by atoms with van der Waals surface area (Å²) in [4.78, 5) is 35.5. The van der Waals surface area contributed by atoms with E-state index in [1.807, 2.05) is 56.0 Å². The van der Waals surface area contributed by atoms with Crippen molar-refractivity contribution < 1.29 is 19.1 Å². The number of piperidine rings is 1. The number of nitriles is 1. The van der Waals surface area contributed by atoms with Gasteiger partial charge >= 0.3 is 6.09 Å². The van der Waals surface area contributed by atoms with Crippen molar-refractivity contribution in [2.45, 2.75) is 103 Å². The van der Waals surface area contributed by atoms with Crippen molar-refractivity contribution in [1.29, 1.82) is 5.26 Å². The minimum Gasteiger partial charge on any atom is -0.444 e. The van der Waals surface area contributed by atoms with Gasteiger partial charge in [0.25, 0.3) is 5.91 Å². The van der Waals surface area contributed by atoms with Gasteiger partial charge in [0, 0.05) is 45.2 Å². The summed E-state index contributed by atoms with van der Waals surface area (Å²) in [6.07, 6.45) is 9.50. The lowest BCUT2D eigenvalue weighted by Crippen LogP contribution is -2.41. The van der Waals surface area contributed by atoms with Gasteiger partial charge in [-0.25, -0.2) is 9.78 Å². The molecule has 5 rings (SSSR count). The molecule has 0 radical (unpaired) electrons. The number of aromatic nitrogens is 2. The van der Waals surface area contributed by atoms with E-state index in [0.29, 0.717) is 19.7 Å². The Labute approximate surface area is 292 Å². The van der Waals surface area contributed by atoms with Crippen molar-refractivity contribution in [1.82, 2.24) is 14.5 Å². The van der Waals surface area contributed by atoms with Crippen molar-refractivity contribution in [3.05, 3.63) is 83.4 Å². The first-order valence-electron chi connectivity index (χ1n) is 17.6. The van der Waals surface area contributed by atoms with Gasteiger partial charge in [0.15, 0.2) is 5.69 Å². The van der Waals surface area contributed by atoms with Crippen molar-refractivity contribution in [2.75, 3.05) is 24.6 Å². The van der Waals surface area contributed by atoms with Gasteiger partial charge in [-0.15, -0.1) is 0 Å². The molecule has 3 aromatic rings. The summed E-state index contributed by atoms with van der Waals surface area (Å²) in [5, 5.41) is 9.75. The lowest BCUT2D eigenvalue weighted by Gasteiger charge is -2.34. The molecule has 2 aromatic carbocycles. The Hall–Kier alpha value is -4.20. The van der Waals surface area contributed by atoms with Gasteiger partial charge in [-0.3, -0.25) is 9.69 Å². The summed E-state index contributed by atoms with van der Waals surface area (Å²) in [5.41, 5.74) is 4.63. The Balaban J connectivity index is 1.49. The molecule has 2 heterocycles. The highest BCUT2D eigenvalue weighted by Crippen LogP contribution is 2.40. The van der Waals surface area contributed by atoms with Gasteiger partial charge in [-0.2, -0.15) is 5.26 Å². The Morgan fingerprint density at radius 2 is 1.80 bits per heavy atom. The van der Waals surface area contributed by atoms with Crippen LogP contribution in [-0.4, -0.2) is 59.8 Å². The molecule has 1 saturated heterocycles. The van der Waals surface area contributed by atoms with E-state index in [1.165, 1.54) is 11.1 Å². The average molecular weight is 682 g/mol. The number of ether oxygens (including phenoxy) is 2. The summed E-state index contributed by atoms with van der Waals surface area (Å²) in [6.45, 7) is 14.6. The van der Waals surface area contributed by atoms with Crippen LogP contribution in [0.4, 0.5) is 16.2 Å². The fourth-order valence-corrected chi connectivity index (χ4v) is 7.14. The lowest BCUT2D eigenvalue weighted by molar-refractivity contribution is 0.0204. The second-order valence-corrected chi connectivity index (χ2v) is 21.0. The van der Waals surface area contributed by atoms with Crippen molar-refractivity contribution in [3.8, 4) is 6.07 Å². The maximum atomic E-state index is 14.7. The molecule has 1 aliphatic carbocycles. The Bertz CT molecular complexity index is 1690. The van der Waals surface area contributed by atoms with E-state index in [2.05, 4.69) is 55.0 Å². The molecule has 2 aliphatic rings. The molecule has 1 aromatic heterocycles. The summed E-state index contributed by atoms with van der Waals surface area (Å²) >= 11 is 0. The van der Waals surface area contributed by atoms with Crippen LogP contribution in [0, 0.1) is 11.3 Å². The number of allylic oxidation sites excluding steroid dienone is 2. The quantitative estimate of drug-likeness (QED) is 0.156. The number of nitrogens with zero attached hydrogens (tertiary/aromatic N) is 5. The SMILES string of the molecule is CC(C)(C)OC(=O)N1CCC(c2ccc(N(C(=O)c3nc(C#N)cn3COCC[Si](C)(C)C)c3ccccc3)c(C3=CCCCC3)c2)CC1. The van der Waals surface area contributed by atoms with Crippen LogP contribution < -0.4 is 4.90 Å². The Kier molecular flexibility index (Phi) is 11.5. The first-order valence-corrected chi connectivity index (χ1v) is 21.3. The van der Waals surface area contributed by atoms with Crippen LogP contribution in [0.1, 0.15) is 92.7 Å². The fourth-order valence-electron chi connectivity index (χ4n) is 6.39. The van der Waals surface area contributed by atoms with Crippen molar-refractivity contribution >= 4 is 37.0 Å². The van der Waals surface area contributed by atoms with Crippen LogP contribution in [0.2, 0.25) is 25.7 Å². The van der Waals surface area contributed by atoms with Crippen LogP contribution in [0.25, 0.3) is 5.57 Å². The summed E-state index contributed by atoms with van der Waals surface area (Å²) in [6, 6.07) is 19.2. The van der Waals surface area contributed by atoms with Crippen LogP contribution in [0.3, 0.4) is 0 Å². The first kappa shape index (κ1) is 36.1. The average Bonchev–Trinajstić information content (AvgIpc) is 3.50. The van der Waals surface area contributed by atoms with Crippen LogP contribution >= 0.6 is 0 Å². The third kappa shape index (κ3) is 9.49. The van der Waals surface area contributed by atoms with E-state index in [-0.39, 0.29) is 36.2 Å². The zero-order chi connectivity index (χ0) is 35.2. The number of rotatable bonds is 10. The standard InChI is InChI=1S/C39H51N5O4Si/c1-39(2,3)48-38(46)42-21-19-29(20-22-42)31-17-18-35(34(25-31)30-13-9-7-10-14-30)44(33-15-11-8-12-16-33)37(45)36-41-32(26-40)27-43(36)28-47-23-24-49(4,5)6/h8,11-13,15-18,25,27,29H,7,9-10,14,19-24,28H2,1-6H3. The zero-order valence-corrected chi connectivity index (χ0v) is 31.0. The van der Waals surface area contributed by atoms with Crippen molar-refractivity contribution in [2.24, 2.45) is 0 Å². The number of anilines is 2. The number of imidazole rings is 1. The monoisotopic (exact) mass is 681 g/mol. The molecule has 260 valence electrons. The van der Waals surface area contributed by atoms with Gasteiger partial charge < -0.3 is 18.9 Å². The molecule has 1 aliphatic heterocycles. The second kappa shape index (κ2) is 15.6. The van der Waals surface area contributed by atoms with Gasteiger partial charge in [-0.05, 0) is 107 Å². The first-order chi connectivity index (χ1) is 23.3. The number of hydrogen-bond acceptors (Lipinski definition) is 6. The number of amides is 2. The van der Waals surface area contributed by atoms with Crippen LogP contribution in [0.5, 0.6) is 0 Å². The molecule has 0 atom stereocenters. The molecule has 0 saturated carbocycles. The molecule has 0 bridgehead atoms. The molecular formula is C39H51N5O4Si. The molecule has 0 N–H and O–H groups in total. The summed E-state index contributed by atoms with van der Waals surface area (Å²) in [5.74, 6) is 0.120. The smallest absolute Gasteiger partial charge is 0.410 e. The zero-order valence-electron chi connectivity index (χ0n) is 30.0. The summed E-state index contributed by atoms with van der Waals surface area (Å²) in [7, 11) is -1.30. The number of carbonyl (C=O) groups excluding carboxylic acids is 2. The lowest BCUT2D eigenvalue weighted by atomic mass is 9.85. The molecule has 10 heteroatoms. The highest BCUT2D eigenvalue weighted by Gasteiger charge is 2.31. The van der Waals surface area contributed by atoms with Gasteiger partial charge in [0.2, 0.25) is 5.82 Å². The van der Waals surface area contributed by atoms with Gasteiger partial charge in [-0.1, -0.05) is 50.0 Å². The number of hydrogen-bond donors (Lipinski definition) is 0. The van der Waals surface area contributed by atoms with E-state index < -0.39 is 13.7 Å². The topological polar surface area (TPSA) is 101 Å². The van der Waals surface area contributed by atoms with Gasteiger partial charge in [0.1, 0.15) is 18.4 Å². The number of carbonyl (C=O) groups is 2. The van der Waals surface area contributed by atoms with Crippen LogP contribution in [-0.2, 0) is 16.2 Å². The number of likely N-dealkylation sites (tertiary alicyclic amines) is 1. The molecule has 9 nitrogen and oxygen atoms in total. The highest BCUT2D eigenvalue weighted by atomic mass is 28.3. The molecule has 1 fully saturated rings. The molecule has 2 amide bonds. The van der Waals surface area contributed by atoms with E-state index in [9.17, 15) is 14.9 Å². The van der Waals surface area contributed by atoms with E-state index in [4.69, 9.17) is 9.47 Å². The third-order valence-electron chi connectivity index (χ3n) is 9.04. The minimum atomic E-state index is -1.30. The van der Waals surface area contributed by atoms with Crippen LogP contribution in [0.15, 0.2) is 60.8 Å². The largest absolute Gasteiger partial charge is 0.444 e. The molecule has 0 unspecified atom stereocenters.